The second kappa shape index (κ2) is 5.36. The van der Waals surface area contributed by atoms with E-state index in [-0.39, 0.29) is 0 Å². The highest BCUT2D eigenvalue weighted by atomic mass is 15.0. The second-order valence-corrected chi connectivity index (χ2v) is 4.88. The first-order valence-electron chi connectivity index (χ1n) is 6.75. The lowest BCUT2D eigenvalue weighted by Crippen LogP contribution is -2.10. The number of nitrogens with zero attached hydrogens (tertiary/aromatic N) is 2. The predicted octanol–water partition coefficient (Wildman–Crippen LogP) is 2.56. The van der Waals surface area contributed by atoms with Crippen molar-refractivity contribution in [1.82, 2.24) is 9.97 Å². The molecule has 1 aliphatic carbocycles. The van der Waals surface area contributed by atoms with Crippen LogP contribution in [0.1, 0.15) is 29.7 Å². The summed E-state index contributed by atoms with van der Waals surface area (Å²) in [6.45, 7) is 0.553. The lowest BCUT2D eigenvalue weighted by molar-refractivity contribution is 0.664. The van der Waals surface area contributed by atoms with E-state index in [1.165, 1.54) is 24.1 Å². The van der Waals surface area contributed by atoms with Gasteiger partial charge in [0.25, 0.3) is 0 Å². The largest absolute Gasteiger partial charge is 0.340 e. The third-order valence-electron chi connectivity index (χ3n) is 3.55. The Labute approximate surface area is 113 Å². The normalized spacial score (nSPS) is 13.9. The Morgan fingerprint density at radius 1 is 1.16 bits per heavy atom. The zero-order valence-corrected chi connectivity index (χ0v) is 10.9. The van der Waals surface area contributed by atoms with Gasteiger partial charge in [0.05, 0.1) is 0 Å². The van der Waals surface area contributed by atoms with Crippen LogP contribution in [0.3, 0.4) is 0 Å². The Morgan fingerprint density at radius 2 is 2.05 bits per heavy atom. The third kappa shape index (κ3) is 2.58. The molecule has 2 aromatic rings. The molecule has 0 saturated heterocycles. The number of aromatic nitrogens is 2. The molecule has 0 aliphatic heterocycles. The maximum absolute atomic E-state index is 5.67. The van der Waals surface area contributed by atoms with Crippen LogP contribution in [0, 0.1) is 0 Å². The van der Waals surface area contributed by atoms with Crippen molar-refractivity contribution in [3.05, 3.63) is 47.4 Å². The molecule has 0 fully saturated rings. The van der Waals surface area contributed by atoms with Crippen LogP contribution < -0.4 is 11.1 Å². The van der Waals surface area contributed by atoms with Crippen LogP contribution in [0.25, 0.3) is 0 Å². The van der Waals surface area contributed by atoms with E-state index in [1.807, 2.05) is 18.2 Å². The number of aryl methyl sites for hydroxylation is 1. The molecule has 0 amide bonds. The number of hydrogen-bond donors (Lipinski definition) is 2. The molecule has 0 unspecified atom stereocenters. The number of benzene rings is 1. The number of fused-ring (bicyclic) bond motifs is 1. The molecule has 19 heavy (non-hydrogen) atoms. The fourth-order valence-electron chi connectivity index (χ4n) is 2.54. The van der Waals surface area contributed by atoms with Gasteiger partial charge in [0.2, 0.25) is 0 Å². The Hall–Kier alpha value is -1.94. The molecule has 4 nitrogen and oxygen atoms in total. The van der Waals surface area contributed by atoms with Gasteiger partial charge >= 0.3 is 0 Å². The van der Waals surface area contributed by atoms with E-state index < -0.39 is 0 Å². The highest BCUT2D eigenvalue weighted by Gasteiger charge is 2.15. The molecule has 98 valence electrons. The van der Waals surface area contributed by atoms with Crippen molar-refractivity contribution >= 4 is 11.5 Å². The van der Waals surface area contributed by atoms with E-state index in [9.17, 15) is 0 Å². The average Bonchev–Trinajstić information content (AvgIpc) is 2.48. The van der Waals surface area contributed by atoms with Gasteiger partial charge in [-0.05, 0) is 43.4 Å². The summed E-state index contributed by atoms with van der Waals surface area (Å²) in [6.07, 6.45) is 6.23. The fourth-order valence-corrected chi connectivity index (χ4v) is 2.54. The summed E-state index contributed by atoms with van der Waals surface area (Å²) in [5.74, 6) is 0.943. The van der Waals surface area contributed by atoms with Crippen molar-refractivity contribution in [3.63, 3.8) is 0 Å². The van der Waals surface area contributed by atoms with E-state index >= 15 is 0 Å². The van der Waals surface area contributed by atoms with Gasteiger partial charge in [-0.3, -0.25) is 0 Å². The first-order valence-corrected chi connectivity index (χ1v) is 6.75. The Kier molecular flexibility index (Phi) is 3.42. The summed E-state index contributed by atoms with van der Waals surface area (Å²) in [5.41, 5.74) is 10.3. The third-order valence-corrected chi connectivity index (χ3v) is 3.55. The number of nitrogens with two attached hydrogens (primary N) is 1. The second-order valence-electron chi connectivity index (χ2n) is 4.88. The SMILES string of the molecule is NCc1cccc(Nc2ncnc3c2CCCC3)c1. The highest BCUT2D eigenvalue weighted by Crippen LogP contribution is 2.26. The summed E-state index contributed by atoms with van der Waals surface area (Å²) in [4.78, 5) is 8.77. The molecule has 0 atom stereocenters. The smallest absolute Gasteiger partial charge is 0.137 e. The molecule has 0 bridgehead atoms. The first-order chi connectivity index (χ1) is 9.36. The van der Waals surface area contributed by atoms with Gasteiger partial charge in [-0.1, -0.05) is 12.1 Å². The molecule has 1 aromatic carbocycles. The van der Waals surface area contributed by atoms with E-state index in [4.69, 9.17) is 5.73 Å². The molecule has 0 saturated carbocycles. The van der Waals surface area contributed by atoms with Crippen LogP contribution in [-0.4, -0.2) is 9.97 Å². The zero-order chi connectivity index (χ0) is 13.1. The first kappa shape index (κ1) is 12.1. The van der Waals surface area contributed by atoms with E-state index in [1.54, 1.807) is 6.33 Å². The van der Waals surface area contributed by atoms with Crippen LogP contribution >= 0.6 is 0 Å². The average molecular weight is 254 g/mol. The van der Waals surface area contributed by atoms with E-state index in [0.717, 1.165) is 29.9 Å². The van der Waals surface area contributed by atoms with Crippen molar-refractivity contribution in [2.45, 2.75) is 32.2 Å². The van der Waals surface area contributed by atoms with Crippen molar-refractivity contribution in [3.8, 4) is 0 Å². The van der Waals surface area contributed by atoms with E-state index in [2.05, 4.69) is 21.4 Å². The van der Waals surface area contributed by atoms with Crippen LogP contribution in [0.4, 0.5) is 11.5 Å². The summed E-state index contributed by atoms with van der Waals surface area (Å²) in [6, 6.07) is 8.15. The summed E-state index contributed by atoms with van der Waals surface area (Å²) < 4.78 is 0. The Morgan fingerprint density at radius 3 is 2.95 bits per heavy atom. The predicted molar refractivity (Wildman–Crippen MR) is 76.3 cm³/mol. The van der Waals surface area contributed by atoms with Crippen molar-refractivity contribution < 1.29 is 0 Å². The molecule has 0 spiro atoms. The molecule has 1 aromatic heterocycles. The Balaban J connectivity index is 1.90. The van der Waals surface area contributed by atoms with Gasteiger partial charge in [-0.2, -0.15) is 0 Å². The molecule has 4 heteroatoms. The fraction of sp³-hybridized carbons (Fsp3) is 0.333. The molecule has 1 aliphatic rings. The van der Waals surface area contributed by atoms with Crippen LogP contribution in [-0.2, 0) is 19.4 Å². The minimum Gasteiger partial charge on any atom is -0.340 e. The topological polar surface area (TPSA) is 63.8 Å². The molecule has 3 N–H and O–H groups in total. The van der Waals surface area contributed by atoms with Crippen molar-refractivity contribution in [1.29, 1.82) is 0 Å². The summed E-state index contributed by atoms with van der Waals surface area (Å²) in [5, 5.41) is 3.40. The van der Waals surface area contributed by atoms with E-state index in [0.29, 0.717) is 6.54 Å². The van der Waals surface area contributed by atoms with Crippen LogP contribution in [0.2, 0.25) is 0 Å². The van der Waals surface area contributed by atoms with Crippen molar-refractivity contribution in [2.75, 3.05) is 5.32 Å². The molecule has 3 rings (SSSR count). The molecular weight excluding hydrogens is 236 g/mol. The number of rotatable bonds is 3. The minimum absolute atomic E-state index is 0.553. The minimum atomic E-state index is 0.553. The van der Waals surface area contributed by atoms with Gasteiger partial charge in [-0.15, -0.1) is 0 Å². The zero-order valence-electron chi connectivity index (χ0n) is 10.9. The van der Waals surface area contributed by atoms with Gasteiger partial charge < -0.3 is 11.1 Å². The maximum Gasteiger partial charge on any atom is 0.137 e. The highest BCUT2D eigenvalue weighted by molar-refractivity contribution is 5.61. The molecule has 1 heterocycles. The lowest BCUT2D eigenvalue weighted by atomic mass is 9.96. The lowest BCUT2D eigenvalue weighted by Gasteiger charge is -2.18. The van der Waals surface area contributed by atoms with Gasteiger partial charge in [-0.25, -0.2) is 9.97 Å². The number of nitrogens with one attached hydrogen (secondary N) is 1. The standard InChI is InChI=1S/C15H18N4/c16-9-11-4-3-5-12(8-11)19-15-13-6-1-2-7-14(13)17-10-18-15/h3-5,8,10H,1-2,6-7,9,16H2,(H,17,18,19). The number of hydrogen-bond acceptors (Lipinski definition) is 4. The van der Waals surface area contributed by atoms with Crippen LogP contribution in [0.15, 0.2) is 30.6 Å². The maximum atomic E-state index is 5.67. The van der Waals surface area contributed by atoms with Gasteiger partial charge in [0.1, 0.15) is 12.1 Å². The molecular formula is C15H18N4. The number of anilines is 2. The quantitative estimate of drug-likeness (QED) is 0.883. The van der Waals surface area contributed by atoms with Gasteiger partial charge in [0, 0.05) is 23.5 Å². The monoisotopic (exact) mass is 254 g/mol. The molecule has 0 radical (unpaired) electrons. The summed E-state index contributed by atoms with van der Waals surface area (Å²) in [7, 11) is 0. The van der Waals surface area contributed by atoms with Crippen molar-refractivity contribution in [2.24, 2.45) is 5.73 Å². The summed E-state index contributed by atoms with van der Waals surface area (Å²) >= 11 is 0. The van der Waals surface area contributed by atoms with Gasteiger partial charge in [0.15, 0.2) is 0 Å². The van der Waals surface area contributed by atoms with Crippen LogP contribution in [0.5, 0.6) is 0 Å². The Bertz CT molecular complexity index is 580.